The second-order valence-electron chi connectivity index (χ2n) is 7.29. The van der Waals surface area contributed by atoms with Crippen molar-refractivity contribution >= 4 is 17.2 Å². The minimum absolute atomic E-state index is 0.0303. The number of methoxy groups -OCH3 is 1. The molecule has 0 aliphatic carbocycles. The molecule has 0 N–H and O–H groups in total. The number of anilines is 2. The molecule has 2 heterocycles. The van der Waals surface area contributed by atoms with Gasteiger partial charge in [0.15, 0.2) is 17.4 Å². The van der Waals surface area contributed by atoms with Crippen molar-refractivity contribution in [2.45, 2.75) is 6.92 Å². The molecule has 3 aromatic rings. The lowest BCUT2D eigenvalue weighted by Crippen LogP contribution is -2.47. The summed E-state index contributed by atoms with van der Waals surface area (Å²) in [6.07, 6.45) is 0. The van der Waals surface area contributed by atoms with Gasteiger partial charge in [0.25, 0.3) is 5.69 Å². The summed E-state index contributed by atoms with van der Waals surface area (Å²) < 4.78 is 19.0. The van der Waals surface area contributed by atoms with Crippen LogP contribution in [0.25, 0.3) is 11.4 Å². The first-order chi connectivity index (χ1) is 14.9. The van der Waals surface area contributed by atoms with Crippen molar-refractivity contribution in [1.29, 1.82) is 0 Å². The van der Waals surface area contributed by atoms with Crippen molar-refractivity contribution in [2.75, 3.05) is 43.1 Å². The average molecular weight is 423 g/mol. The maximum Gasteiger partial charge on any atom is 0.269 e. The summed E-state index contributed by atoms with van der Waals surface area (Å²) in [6.45, 7) is 4.80. The maximum atomic E-state index is 14.0. The molecule has 0 amide bonds. The van der Waals surface area contributed by atoms with E-state index < -0.39 is 4.92 Å². The van der Waals surface area contributed by atoms with Gasteiger partial charge in [-0.15, -0.1) is 0 Å². The third-order valence-corrected chi connectivity index (χ3v) is 5.28. The number of aryl methyl sites for hydroxylation is 1. The van der Waals surface area contributed by atoms with Crippen molar-refractivity contribution in [1.82, 2.24) is 9.97 Å². The summed E-state index contributed by atoms with van der Waals surface area (Å²) >= 11 is 0. The molecule has 0 spiro atoms. The maximum absolute atomic E-state index is 14.0. The van der Waals surface area contributed by atoms with E-state index in [4.69, 9.17) is 4.74 Å². The van der Waals surface area contributed by atoms with Gasteiger partial charge >= 0.3 is 0 Å². The fraction of sp³-hybridized carbons (Fsp3) is 0.273. The van der Waals surface area contributed by atoms with Gasteiger partial charge in [-0.1, -0.05) is 0 Å². The van der Waals surface area contributed by atoms with Crippen LogP contribution in [0.15, 0.2) is 48.5 Å². The normalized spacial score (nSPS) is 13.9. The number of piperazine rings is 1. The summed E-state index contributed by atoms with van der Waals surface area (Å²) in [5.41, 5.74) is 2.40. The highest BCUT2D eigenvalue weighted by Crippen LogP contribution is 2.26. The molecule has 2 aromatic carbocycles. The number of non-ortho nitro benzene ring substituents is 1. The Balaban J connectivity index is 1.49. The second-order valence-corrected chi connectivity index (χ2v) is 7.29. The van der Waals surface area contributed by atoms with Crippen LogP contribution in [0.2, 0.25) is 0 Å². The molecule has 9 heteroatoms. The van der Waals surface area contributed by atoms with E-state index in [1.165, 1.54) is 25.3 Å². The van der Waals surface area contributed by atoms with Crippen LogP contribution < -0.4 is 14.5 Å². The molecule has 0 saturated carbocycles. The van der Waals surface area contributed by atoms with E-state index in [0.29, 0.717) is 5.82 Å². The van der Waals surface area contributed by atoms with E-state index in [1.54, 1.807) is 18.2 Å². The zero-order valence-electron chi connectivity index (χ0n) is 17.3. The summed E-state index contributed by atoms with van der Waals surface area (Å²) in [5.74, 6) is 1.20. The zero-order chi connectivity index (χ0) is 22.0. The van der Waals surface area contributed by atoms with Gasteiger partial charge in [-0.3, -0.25) is 10.1 Å². The Hall–Kier alpha value is -3.75. The Kier molecular flexibility index (Phi) is 5.66. The lowest BCUT2D eigenvalue weighted by molar-refractivity contribution is -0.384. The van der Waals surface area contributed by atoms with Crippen molar-refractivity contribution in [3.05, 3.63) is 70.2 Å². The van der Waals surface area contributed by atoms with E-state index in [1.807, 2.05) is 19.1 Å². The number of halogens is 1. The Morgan fingerprint density at radius 1 is 1.00 bits per heavy atom. The molecule has 1 aliphatic heterocycles. The Morgan fingerprint density at radius 3 is 2.29 bits per heavy atom. The van der Waals surface area contributed by atoms with Gasteiger partial charge in [0.05, 0.1) is 12.0 Å². The molecule has 0 atom stereocenters. The van der Waals surface area contributed by atoms with Gasteiger partial charge in [0.1, 0.15) is 5.82 Å². The summed E-state index contributed by atoms with van der Waals surface area (Å²) in [6, 6.07) is 13.1. The largest absolute Gasteiger partial charge is 0.494 e. The Labute approximate surface area is 179 Å². The molecule has 1 aromatic heterocycles. The van der Waals surface area contributed by atoms with Crippen LogP contribution in [0.3, 0.4) is 0 Å². The van der Waals surface area contributed by atoms with Crippen LogP contribution in [0.4, 0.5) is 21.6 Å². The SMILES string of the molecule is COc1ccc(N2CCN(c3cc(C)nc(-c4ccc([N+](=O)[O-])cc4)n3)CC2)cc1F. The molecule has 0 unspecified atom stereocenters. The lowest BCUT2D eigenvalue weighted by Gasteiger charge is -2.37. The molecule has 31 heavy (non-hydrogen) atoms. The smallest absolute Gasteiger partial charge is 0.269 e. The van der Waals surface area contributed by atoms with Crippen LogP contribution in [0.1, 0.15) is 5.69 Å². The second kappa shape index (κ2) is 8.55. The van der Waals surface area contributed by atoms with Gasteiger partial charge in [-0.25, -0.2) is 14.4 Å². The molecule has 1 saturated heterocycles. The predicted octanol–water partition coefficient (Wildman–Crippen LogP) is 3.83. The van der Waals surface area contributed by atoms with E-state index in [0.717, 1.165) is 48.9 Å². The monoisotopic (exact) mass is 423 g/mol. The standard InChI is InChI=1S/C22H22FN5O3/c1-15-13-21(25-22(24-15)16-3-5-17(6-4-16)28(29)30)27-11-9-26(10-12-27)18-7-8-20(31-2)19(23)14-18/h3-8,13-14H,9-12H2,1-2H3. The Bertz CT molecular complexity index is 1100. The van der Waals surface area contributed by atoms with Crippen molar-refractivity contribution in [2.24, 2.45) is 0 Å². The zero-order valence-corrected chi connectivity index (χ0v) is 17.3. The third kappa shape index (κ3) is 4.40. The fourth-order valence-corrected chi connectivity index (χ4v) is 3.62. The van der Waals surface area contributed by atoms with Gasteiger partial charge in [-0.2, -0.15) is 0 Å². The number of nitrogens with zero attached hydrogens (tertiary/aromatic N) is 5. The average Bonchev–Trinajstić information content (AvgIpc) is 2.79. The van der Waals surface area contributed by atoms with Crippen LogP contribution in [0, 0.1) is 22.9 Å². The van der Waals surface area contributed by atoms with E-state index >= 15 is 0 Å². The molecule has 160 valence electrons. The highest BCUT2D eigenvalue weighted by atomic mass is 19.1. The number of rotatable bonds is 5. The molecular formula is C22H22FN5O3. The van der Waals surface area contributed by atoms with Gasteiger partial charge in [-0.05, 0) is 31.2 Å². The predicted molar refractivity (Wildman–Crippen MR) is 116 cm³/mol. The Morgan fingerprint density at radius 2 is 1.68 bits per heavy atom. The molecule has 8 nitrogen and oxygen atoms in total. The van der Waals surface area contributed by atoms with Gasteiger partial charge in [0.2, 0.25) is 0 Å². The highest BCUT2D eigenvalue weighted by molar-refractivity contribution is 5.60. The molecule has 4 rings (SSSR count). The quantitative estimate of drug-likeness (QED) is 0.455. The lowest BCUT2D eigenvalue weighted by atomic mass is 10.2. The first kappa shape index (κ1) is 20.5. The topological polar surface area (TPSA) is 84.6 Å². The number of nitro benzene ring substituents is 1. The first-order valence-corrected chi connectivity index (χ1v) is 9.88. The molecule has 0 radical (unpaired) electrons. The van der Waals surface area contributed by atoms with Crippen LogP contribution in [0.5, 0.6) is 5.75 Å². The first-order valence-electron chi connectivity index (χ1n) is 9.88. The molecule has 1 aliphatic rings. The highest BCUT2D eigenvalue weighted by Gasteiger charge is 2.20. The molecule has 0 bridgehead atoms. The van der Waals surface area contributed by atoms with E-state index in [9.17, 15) is 14.5 Å². The number of nitro groups is 1. The van der Waals surface area contributed by atoms with Gasteiger partial charge in [0, 0.05) is 67.4 Å². The van der Waals surface area contributed by atoms with Crippen LogP contribution in [-0.4, -0.2) is 48.2 Å². The number of ether oxygens (including phenoxy) is 1. The molecular weight excluding hydrogens is 401 g/mol. The fourth-order valence-electron chi connectivity index (χ4n) is 3.62. The van der Waals surface area contributed by atoms with Crippen LogP contribution >= 0.6 is 0 Å². The van der Waals surface area contributed by atoms with Gasteiger partial charge < -0.3 is 14.5 Å². The number of benzene rings is 2. The summed E-state index contributed by atoms with van der Waals surface area (Å²) in [5, 5.41) is 10.9. The number of hydrogen-bond donors (Lipinski definition) is 0. The summed E-state index contributed by atoms with van der Waals surface area (Å²) in [4.78, 5) is 23.9. The number of aromatic nitrogens is 2. The van der Waals surface area contributed by atoms with Crippen LogP contribution in [-0.2, 0) is 0 Å². The van der Waals surface area contributed by atoms with Crippen molar-refractivity contribution in [3.8, 4) is 17.1 Å². The summed E-state index contributed by atoms with van der Waals surface area (Å²) in [7, 11) is 1.45. The van der Waals surface area contributed by atoms with E-state index in [-0.39, 0.29) is 17.3 Å². The van der Waals surface area contributed by atoms with Crippen molar-refractivity contribution in [3.63, 3.8) is 0 Å². The van der Waals surface area contributed by atoms with Crippen molar-refractivity contribution < 1.29 is 14.1 Å². The minimum Gasteiger partial charge on any atom is -0.494 e. The number of hydrogen-bond acceptors (Lipinski definition) is 7. The van der Waals surface area contributed by atoms with E-state index in [2.05, 4.69) is 19.8 Å². The minimum atomic E-state index is -0.430. The molecule has 1 fully saturated rings. The third-order valence-electron chi connectivity index (χ3n) is 5.28.